The lowest BCUT2D eigenvalue weighted by Gasteiger charge is -2.71. The smallest absolute Gasteiger partial charge is 0.156 e. The van der Waals surface area contributed by atoms with Crippen molar-refractivity contribution in [1.82, 2.24) is 0 Å². The van der Waals surface area contributed by atoms with Crippen LogP contribution in [0.5, 0.6) is 0 Å². The highest BCUT2D eigenvalue weighted by atomic mass is 16.3. The van der Waals surface area contributed by atoms with Gasteiger partial charge in [-0.25, -0.2) is 0 Å². The standard InChI is InChI=1S/C17H27NO/c1-5-17(19,12-18)16-9-13(2)6-14(3,10-16)8-15(4,7-13)11-16/h19H,5-11H2,1-4H3. The topological polar surface area (TPSA) is 44.0 Å². The Morgan fingerprint density at radius 2 is 1.32 bits per heavy atom. The molecule has 0 saturated heterocycles. The van der Waals surface area contributed by atoms with E-state index in [0.717, 1.165) is 19.3 Å². The van der Waals surface area contributed by atoms with E-state index in [4.69, 9.17) is 0 Å². The molecule has 0 aliphatic heterocycles. The van der Waals surface area contributed by atoms with Crippen molar-refractivity contribution in [2.45, 2.75) is 78.2 Å². The minimum atomic E-state index is -1.13. The van der Waals surface area contributed by atoms with Crippen molar-refractivity contribution < 1.29 is 5.11 Å². The second-order valence-corrected chi connectivity index (χ2v) is 9.10. The van der Waals surface area contributed by atoms with Crippen LogP contribution in [0.2, 0.25) is 0 Å². The first-order valence-corrected chi connectivity index (χ1v) is 7.75. The number of hydrogen-bond acceptors (Lipinski definition) is 2. The summed E-state index contributed by atoms with van der Waals surface area (Å²) < 4.78 is 0. The first-order chi connectivity index (χ1) is 8.61. The Hall–Kier alpha value is -0.550. The van der Waals surface area contributed by atoms with Crippen LogP contribution in [0.3, 0.4) is 0 Å². The number of nitriles is 1. The van der Waals surface area contributed by atoms with E-state index in [2.05, 4.69) is 26.8 Å². The van der Waals surface area contributed by atoms with Gasteiger partial charge < -0.3 is 5.11 Å². The second-order valence-electron chi connectivity index (χ2n) is 9.10. The molecule has 0 aromatic rings. The monoisotopic (exact) mass is 261 g/mol. The highest BCUT2D eigenvalue weighted by Crippen LogP contribution is 2.75. The summed E-state index contributed by atoms with van der Waals surface area (Å²) in [5, 5.41) is 20.6. The zero-order valence-corrected chi connectivity index (χ0v) is 12.8. The molecule has 1 unspecified atom stereocenters. The first kappa shape index (κ1) is 13.4. The molecule has 19 heavy (non-hydrogen) atoms. The van der Waals surface area contributed by atoms with Crippen LogP contribution in [0.1, 0.15) is 72.6 Å². The fourth-order valence-corrected chi connectivity index (χ4v) is 7.30. The molecular weight excluding hydrogens is 234 g/mol. The van der Waals surface area contributed by atoms with Crippen LogP contribution in [0.4, 0.5) is 0 Å². The molecule has 4 aliphatic rings. The maximum Gasteiger partial charge on any atom is 0.156 e. The molecule has 4 rings (SSSR count). The quantitative estimate of drug-likeness (QED) is 0.762. The van der Waals surface area contributed by atoms with Gasteiger partial charge in [0.1, 0.15) is 0 Å². The van der Waals surface area contributed by atoms with Crippen LogP contribution >= 0.6 is 0 Å². The van der Waals surface area contributed by atoms with Gasteiger partial charge in [-0.15, -0.1) is 0 Å². The maximum atomic E-state index is 11.0. The van der Waals surface area contributed by atoms with Gasteiger partial charge in [0.2, 0.25) is 0 Å². The van der Waals surface area contributed by atoms with Gasteiger partial charge in [-0.1, -0.05) is 27.7 Å². The summed E-state index contributed by atoms with van der Waals surface area (Å²) in [6, 6.07) is 2.29. The molecule has 0 radical (unpaired) electrons. The van der Waals surface area contributed by atoms with Gasteiger partial charge >= 0.3 is 0 Å². The fourth-order valence-electron chi connectivity index (χ4n) is 7.30. The lowest BCUT2D eigenvalue weighted by Crippen LogP contribution is -2.65. The summed E-state index contributed by atoms with van der Waals surface area (Å²) in [5.41, 5.74) is -0.295. The van der Waals surface area contributed by atoms with Gasteiger partial charge in [-0.05, 0) is 61.2 Å². The van der Waals surface area contributed by atoms with Crippen LogP contribution in [-0.4, -0.2) is 10.7 Å². The van der Waals surface area contributed by atoms with Crippen molar-refractivity contribution in [3.05, 3.63) is 0 Å². The SMILES string of the molecule is CCC(O)(C#N)C12CC3(C)CC(C)(CC(C)(C3)C1)C2. The summed E-state index contributed by atoms with van der Waals surface area (Å²) in [5.74, 6) is 0. The van der Waals surface area contributed by atoms with Gasteiger partial charge in [0, 0.05) is 5.41 Å². The van der Waals surface area contributed by atoms with Crippen LogP contribution in [0.15, 0.2) is 0 Å². The molecule has 1 N–H and O–H groups in total. The number of rotatable bonds is 2. The molecule has 4 saturated carbocycles. The number of hydrogen-bond donors (Lipinski definition) is 1. The van der Waals surface area contributed by atoms with E-state index in [0.29, 0.717) is 22.7 Å². The van der Waals surface area contributed by atoms with Crippen molar-refractivity contribution in [3.8, 4) is 6.07 Å². The average Bonchev–Trinajstić information content (AvgIpc) is 2.21. The summed E-state index contributed by atoms with van der Waals surface area (Å²) in [6.45, 7) is 9.14. The van der Waals surface area contributed by atoms with E-state index in [9.17, 15) is 10.4 Å². The Balaban J connectivity index is 2.12. The molecular formula is C17H27NO. The van der Waals surface area contributed by atoms with Crippen molar-refractivity contribution in [2.75, 3.05) is 0 Å². The van der Waals surface area contributed by atoms with E-state index in [1.165, 1.54) is 19.3 Å². The zero-order chi connectivity index (χ0) is 14.2. The first-order valence-electron chi connectivity index (χ1n) is 7.75. The van der Waals surface area contributed by atoms with Crippen LogP contribution in [-0.2, 0) is 0 Å². The number of nitrogens with zero attached hydrogens (tertiary/aromatic N) is 1. The Morgan fingerprint density at radius 3 is 1.58 bits per heavy atom. The van der Waals surface area contributed by atoms with E-state index in [1.54, 1.807) is 0 Å². The Morgan fingerprint density at radius 1 is 0.947 bits per heavy atom. The van der Waals surface area contributed by atoms with Crippen molar-refractivity contribution in [1.29, 1.82) is 5.26 Å². The second kappa shape index (κ2) is 3.37. The van der Waals surface area contributed by atoms with E-state index in [1.807, 2.05) is 6.92 Å². The molecule has 4 aliphatic carbocycles. The average molecular weight is 261 g/mol. The van der Waals surface area contributed by atoms with Gasteiger partial charge in [-0.2, -0.15) is 5.26 Å². The van der Waals surface area contributed by atoms with Crippen LogP contribution < -0.4 is 0 Å². The third-order valence-electron chi connectivity index (χ3n) is 6.43. The zero-order valence-electron chi connectivity index (χ0n) is 12.8. The molecule has 0 amide bonds. The van der Waals surface area contributed by atoms with Crippen LogP contribution in [0.25, 0.3) is 0 Å². The predicted octanol–water partition coefficient (Wildman–Crippen LogP) is 4.04. The van der Waals surface area contributed by atoms with Gasteiger partial charge in [0.05, 0.1) is 6.07 Å². The largest absolute Gasteiger partial charge is 0.375 e. The molecule has 0 aromatic carbocycles. The molecule has 2 nitrogen and oxygen atoms in total. The highest BCUT2D eigenvalue weighted by Gasteiger charge is 2.69. The maximum absolute atomic E-state index is 11.0. The molecule has 1 atom stereocenters. The van der Waals surface area contributed by atoms with Crippen molar-refractivity contribution in [2.24, 2.45) is 21.7 Å². The lowest BCUT2D eigenvalue weighted by atomic mass is 9.34. The Kier molecular flexibility index (Phi) is 2.38. The lowest BCUT2D eigenvalue weighted by molar-refractivity contribution is -0.235. The highest BCUT2D eigenvalue weighted by molar-refractivity contribution is 5.23. The summed E-state index contributed by atoms with van der Waals surface area (Å²) in [7, 11) is 0. The summed E-state index contributed by atoms with van der Waals surface area (Å²) in [6.07, 6.45) is 7.54. The van der Waals surface area contributed by atoms with Crippen molar-refractivity contribution in [3.63, 3.8) is 0 Å². The molecule has 106 valence electrons. The molecule has 4 bridgehead atoms. The van der Waals surface area contributed by atoms with Crippen LogP contribution in [0, 0.1) is 33.0 Å². The predicted molar refractivity (Wildman–Crippen MR) is 75.3 cm³/mol. The molecule has 2 heteroatoms. The summed E-state index contributed by atoms with van der Waals surface area (Å²) >= 11 is 0. The minimum absolute atomic E-state index is 0.163. The van der Waals surface area contributed by atoms with E-state index < -0.39 is 5.60 Å². The van der Waals surface area contributed by atoms with E-state index >= 15 is 0 Å². The van der Waals surface area contributed by atoms with Gasteiger partial charge in [0.25, 0.3) is 0 Å². The molecule has 0 aromatic heterocycles. The molecule has 0 spiro atoms. The minimum Gasteiger partial charge on any atom is -0.375 e. The summed E-state index contributed by atoms with van der Waals surface area (Å²) in [4.78, 5) is 0. The Bertz CT molecular complexity index is 409. The number of aliphatic hydroxyl groups is 1. The fraction of sp³-hybridized carbons (Fsp3) is 0.941. The van der Waals surface area contributed by atoms with Gasteiger partial charge in [-0.3, -0.25) is 0 Å². The molecule has 0 heterocycles. The normalized spacial score (nSPS) is 54.7. The molecule has 4 fully saturated rings. The van der Waals surface area contributed by atoms with Gasteiger partial charge in [0.15, 0.2) is 5.60 Å². The third-order valence-corrected chi connectivity index (χ3v) is 6.43. The van der Waals surface area contributed by atoms with E-state index in [-0.39, 0.29) is 5.41 Å². The third kappa shape index (κ3) is 1.64. The van der Waals surface area contributed by atoms with Crippen molar-refractivity contribution >= 4 is 0 Å². The Labute approximate surface area is 117 Å².